The molecule has 0 aliphatic rings. The fourth-order valence-electron chi connectivity index (χ4n) is 1.32. The van der Waals surface area contributed by atoms with Gasteiger partial charge in [-0.25, -0.2) is 9.97 Å². The number of aromatic nitrogens is 2. The maximum atomic E-state index is 5.74. The van der Waals surface area contributed by atoms with E-state index >= 15 is 0 Å². The number of rotatable bonds is 3. The van der Waals surface area contributed by atoms with E-state index in [0.29, 0.717) is 0 Å². The Morgan fingerprint density at radius 3 is 3.00 bits per heavy atom. The topological polar surface area (TPSA) is 29.0 Å². The molecule has 0 spiro atoms. The van der Waals surface area contributed by atoms with Crippen molar-refractivity contribution in [3.8, 4) is 0 Å². The molecule has 0 atom stereocenters. The molecule has 0 bridgehead atoms. The van der Waals surface area contributed by atoms with Gasteiger partial charge in [-0.2, -0.15) is 0 Å². The highest BCUT2D eigenvalue weighted by molar-refractivity contribution is 9.11. The average Bonchev–Trinajstić information content (AvgIpc) is 2.64. The largest absolute Gasteiger partial charge is 0.355 e. The fraction of sp³-hybridized carbons (Fsp3) is 0.200. The smallest absolute Gasteiger partial charge is 0.224 e. The minimum absolute atomic E-state index is 0.274. The van der Waals surface area contributed by atoms with Gasteiger partial charge in [0.2, 0.25) is 5.28 Å². The summed E-state index contributed by atoms with van der Waals surface area (Å²) >= 11 is 10.9. The number of thiophene rings is 1. The van der Waals surface area contributed by atoms with Gasteiger partial charge in [0.15, 0.2) is 0 Å². The Morgan fingerprint density at radius 2 is 2.38 bits per heavy atom. The van der Waals surface area contributed by atoms with Crippen molar-refractivity contribution in [3.63, 3.8) is 0 Å². The summed E-state index contributed by atoms with van der Waals surface area (Å²) in [4.78, 5) is 10.0. The average molecular weight is 319 g/mol. The molecule has 84 valence electrons. The second-order valence-corrected chi connectivity index (χ2v) is 5.93. The first-order chi connectivity index (χ1) is 7.65. The summed E-state index contributed by atoms with van der Waals surface area (Å²) < 4.78 is 1.14. The highest BCUT2D eigenvalue weighted by Gasteiger charge is 2.05. The Bertz CT molecular complexity index is 488. The van der Waals surface area contributed by atoms with Gasteiger partial charge in [-0.05, 0) is 50.6 Å². The summed E-state index contributed by atoms with van der Waals surface area (Å²) in [5, 5.41) is 2.39. The Kier molecular flexibility index (Phi) is 3.78. The number of hydrogen-bond donors (Lipinski definition) is 0. The molecule has 0 saturated heterocycles. The number of hydrogen-bond acceptors (Lipinski definition) is 4. The van der Waals surface area contributed by atoms with Gasteiger partial charge in [0.1, 0.15) is 5.82 Å². The first kappa shape index (κ1) is 11.8. The SMILES string of the molecule is CN(Cc1csc(Br)c1)c1ccnc(Cl)n1. The van der Waals surface area contributed by atoms with Crippen LogP contribution < -0.4 is 4.90 Å². The van der Waals surface area contributed by atoms with E-state index in [2.05, 4.69) is 37.3 Å². The normalized spacial score (nSPS) is 10.4. The van der Waals surface area contributed by atoms with E-state index in [1.807, 2.05) is 18.0 Å². The molecular weight excluding hydrogens is 310 g/mol. The van der Waals surface area contributed by atoms with Crippen molar-refractivity contribution in [3.05, 3.63) is 38.3 Å². The second kappa shape index (κ2) is 5.12. The molecule has 0 radical (unpaired) electrons. The third kappa shape index (κ3) is 2.93. The van der Waals surface area contributed by atoms with E-state index in [4.69, 9.17) is 11.6 Å². The molecule has 2 aromatic rings. The van der Waals surface area contributed by atoms with Gasteiger partial charge in [0.05, 0.1) is 3.79 Å². The molecule has 2 heterocycles. The van der Waals surface area contributed by atoms with E-state index in [0.717, 1.165) is 16.1 Å². The van der Waals surface area contributed by atoms with Crippen molar-refractivity contribution in [2.75, 3.05) is 11.9 Å². The van der Waals surface area contributed by atoms with E-state index in [1.54, 1.807) is 17.5 Å². The van der Waals surface area contributed by atoms with Crippen LogP contribution in [0.3, 0.4) is 0 Å². The van der Waals surface area contributed by atoms with Crippen LogP contribution in [0.25, 0.3) is 0 Å². The van der Waals surface area contributed by atoms with Crippen LogP contribution in [-0.4, -0.2) is 17.0 Å². The maximum Gasteiger partial charge on any atom is 0.224 e. The number of anilines is 1. The molecule has 0 aliphatic carbocycles. The predicted octanol–water partition coefficient (Wildman–Crippen LogP) is 3.59. The van der Waals surface area contributed by atoms with Crippen molar-refractivity contribution in [2.45, 2.75) is 6.54 Å². The van der Waals surface area contributed by atoms with E-state index < -0.39 is 0 Å². The van der Waals surface area contributed by atoms with Crippen molar-refractivity contribution < 1.29 is 0 Å². The van der Waals surface area contributed by atoms with Gasteiger partial charge < -0.3 is 4.90 Å². The lowest BCUT2D eigenvalue weighted by molar-refractivity contribution is 0.894. The van der Waals surface area contributed by atoms with Crippen LogP contribution in [0, 0.1) is 0 Å². The first-order valence-corrected chi connectivity index (χ1v) is 6.63. The van der Waals surface area contributed by atoms with Gasteiger partial charge in [-0.1, -0.05) is 0 Å². The highest BCUT2D eigenvalue weighted by Crippen LogP contribution is 2.22. The standard InChI is InChI=1S/C10H9BrClN3S/c1-15(5-7-4-8(11)16-6-7)9-2-3-13-10(12)14-9/h2-4,6H,5H2,1H3. The van der Waals surface area contributed by atoms with Crippen molar-refractivity contribution in [2.24, 2.45) is 0 Å². The van der Waals surface area contributed by atoms with Crippen molar-refractivity contribution in [1.29, 1.82) is 0 Å². The molecule has 3 nitrogen and oxygen atoms in total. The Labute approximate surface area is 111 Å². The van der Waals surface area contributed by atoms with Crippen LogP contribution in [-0.2, 0) is 6.54 Å². The van der Waals surface area contributed by atoms with Crippen LogP contribution in [0.5, 0.6) is 0 Å². The van der Waals surface area contributed by atoms with Gasteiger partial charge in [0, 0.05) is 19.8 Å². The molecule has 2 aromatic heterocycles. The predicted molar refractivity (Wildman–Crippen MR) is 71.2 cm³/mol. The monoisotopic (exact) mass is 317 g/mol. The summed E-state index contributed by atoms with van der Waals surface area (Å²) in [6, 6.07) is 3.94. The molecule has 0 aliphatic heterocycles. The van der Waals surface area contributed by atoms with Gasteiger partial charge in [0.25, 0.3) is 0 Å². The summed E-state index contributed by atoms with van der Waals surface area (Å²) in [5.41, 5.74) is 1.24. The van der Waals surface area contributed by atoms with Crippen molar-refractivity contribution in [1.82, 2.24) is 9.97 Å². The molecule has 0 N–H and O–H groups in total. The van der Waals surface area contributed by atoms with Crippen LogP contribution in [0.4, 0.5) is 5.82 Å². The molecule has 6 heteroatoms. The molecule has 16 heavy (non-hydrogen) atoms. The maximum absolute atomic E-state index is 5.74. The third-order valence-corrected chi connectivity index (χ3v) is 3.78. The number of halogens is 2. The zero-order valence-electron chi connectivity index (χ0n) is 8.52. The zero-order valence-corrected chi connectivity index (χ0v) is 11.7. The summed E-state index contributed by atoms with van der Waals surface area (Å²) in [6.07, 6.45) is 1.66. The Hall–Kier alpha value is -0.650. The lowest BCUT2D eigenvalue weighted by Gasteiger charge is -2.16. The molecule has 2 rings (SSSR count). The van der Waals surface area contributed by atoms with Crippen LogP contribution in [0.15, 0.2) is 27.5 Å². The van der Waals surface area contributed by atoms with Gasteiger partial charge >= 0.3 is 0 Å². The Morgan fingerprint density at radius 1 is 1.56 bits per heavy atom. The summed E-state index contributed by atoms with van der Waals surface area (Å²) in [7, 11) is 1.98. The van der Waals surface area contributed by atoms with Gasteiger partial charge in [-0.3, -0.25) is 0 Å². The first-order valence-electron chi connectivity index (χ1n) is 4.58. The summed E-state index contributed by atoms with van der Waals surface area (Å²) in [5.74, 6) is 0.822. The molecule has 0 amide bonds. The van der Waals surface area contributed by atoms with E-state index in [-0.39, 0.29) is 5.28 Å². The van der Waals surface area contributed by atoms with Crippen LogP contribution in [0.1, 0.15) is 5.56 Å². The van der Waals surface area contributed by atoms with Gasteiger partial charge in [-0.15, -0.1) is 11.3 Å². The van der Waals surface area contributed by atoms with Crippen LogP contribution >= 0.6 is 38.9 Å². The fourth-order valence-corrected chi connectivity index (χ4v) is 2.67. The lowest BCUT2D eigenvalue weighted by Crippen LogP contribution is -2.17. The Balaban J connectivity index is 2.11. The van der Waals surface area contributed by atoms with E-state index in [9.17, 15) is 0 Å². The number of nitrogens with zero attached hydrogens (tertiary/aromatic N) is 3. The summed E-state index contributed by atoms with van der Waals surface area (Å²) in [6.45, 7) is 0.801. The lowest BCUT2D eigenvalue weighted by atomic mass is 10.3. The molecule has 0 unspecified atom stereocenters. The second-order valence-electron chi connectivity index (χ2n) is 3.30. The minimum atomic E-state index is 0.274. The molecule has 0 aromatic carbocycles. The minimum Gasteiger partial charge on any atom is -0.355 e. The quantitative estimate of drug-likeness (QED) is 0.810. The third-order valence-electron chi connectivity index (χ3n) is 2.04. The highest BCUT2D eigenvalue weighted by atomic mass is 79.9. The van der Waals surface area contributed by atoms with Crippen molar-refractivity contribution >= 4 is 44.7 Å². The zero-order chi connectivity index (χ0) is 11.5. The van der Waals surface area contributed by atoms with E-state index in [1.165, 1.54) is 5.56 Å². The molecule has 0 fully saturated rings. The molecular formula is C10H9BrClN3S. The van der Waals surface area contributed by atoms with Crippen LogP contribution in [0.2, 0.25) is 5.28 Å². The molecule has 0 saturated carbocycles.